The molecule has 2 aliphatic rings. The highest BCUT2D eigenvalue weighted by molar-refractivity contribution is 6.01. The number of anilines is 1. The van der Waals surface area contributed by atoms with E-state index in [1.165, 1.54) is 43.7 Å². The van der Waals surface area contributed by atoms with Gasteiger partial charge >= 0.3 is 0 Å². The minimum absolute atomic E-state index is 0.145. The monoisotopic (exact) mass is 349 g/mol. The molecule has 0 aromatic heterocycles. The largest absolute Gasteiger partial charge is 0.454 e. The van der Waals surface area contributed by atoms with Crippen LogP contribution in [0.2, 0.25) is 0 Å². The van der Waals surface area contributed by atoms with Gasteiger partial charge in [0.05, 0.1) is 0 Å². The summed E-state index contributed by atoms with van der Waals surface area (Å²) < 4.78 is 10.6. The third-order valence-electron chi connectivity index (χ3n) is 5.08. The smallest absolute Gasteiger partial charge is 0.248 e. The first-order valence-electron chi connectivity index (χ1n) is 9.26. The van der Waals surface area contributed by atoms with Gasteiger partial charge in [-0.15, -0.1) is 0 Å². The SMILES string of the molecule is O=C(C=Cc1ccc2c(c1)OCO2)Nc1ccc(C2CCCCC2)cc1. The van der Waals surface area contributed by atoms with Gasteiger partial charge < -0.3 is 14.8 Å². The summed E-state index contributed by atoms with van der Waals surface area (Å²) in [6.07, 6.45) is 9.89. The molecule has 0 radical (unpaired) electrons. The number of hydrogen-bond acceptors (Lipinski definition) is 3. The van der Waals surface area contributed by atoms with E-state index in [9.17, 15) is 4.79 Å². The van der Waals surface area contributed by atoms with Crippen LogP contribution in [0, 0.1) is 0 Å². The predicted molar refractivity (Wildman–Crippen MR) is 102 cm³/mol. The van der Waals surface area contributed by atoms with E-state index in [4.69, 9.17) is 9.47 Å². The van der Waals surface area contributed by atoms with E-state index in [-0.39, 0.29) is 12.7 Å². The van der Waals surface area contributed by atoms with Crippen molar-refractivity contribution in [2.75, 3.05) is 12.1 Å². The van der Waals surface area contributed by atoms with Crippen molar-refractivity contribution >= 4 is 17.7 Å². The molecule has 2 aromatic rings. The van der Waals surface area contributed by atoms with Crippen molar-refractivity contribution in [2.24, 2.45) is 0 Å². The Labute approximate surface area is 153 Å². The van der Waals surface area contributed by atoms with Crippen molar-refractivity contribution in [2.45, 2.75) is 38.0 Å². The maximum absolute atomic E-state index is 12.2. The molecule has 1 amide bonds. The average molecular weight is 349 g/mol. The van der Waals surface area contributed by atoms with Crippen LogP contribution in [-0.4, -0.2) is 12.7 Å². The minimum Gasteiger partial charge on any atom is -0.454 e. The summed E-state index contributed by atoms with van der Waals surface area (Å²) in [5.41, 5.74) is 3.11. The summed E-state index contributed by atoms with van der Waals surface area (Å²) in [5.74, 6) is 1.99. The topological polar surface area (TPSA) is 47.6 Å². The van der Waals surface area contributed by atoms with Crippen molar-refractivity contribution in [3.63, 3.8) is 0 Å². The van der Waals surface area contributed by atoms with E-state index in [1.54, 1.807) is 6.08 Å². The average Bonchev–Trinajstić information content (AvgIpc) is 3.15. The van der Waals surface area contributed by atoms with Crippen LogP contribution in [0.15, 0.2) is 48.5 Å². The number of nitrogens with one attached hydrogen (secondary N) is 1. The van der Waals surface area contributed by atoms with Crippen LogP contribution in [0.5, 0.6) is 11.5 Å². The van der Waals surface area contributed by atoms with Crippen LogP contribution in [0.4, 0.5) is 5.69 Å². The highest BCUT2D eigenvalue weighted by Crippen LogP contribution is 2.33. The van der Waals surface area contributed by atoms with Gasteiger partial charge in [-0.25, -0.2) is 0 Å². The number of carbonyl (C=O) groups is 1. The van der Waals surface area contributed by atoms with E-state index in [0.29, 0.717) is 11.7 Å². The number of carbonyl (C=O) groups excluding carboxylic acids is 1. The summed E-state index contributed by atoms with van der Waals surface area (Å²) in [6.45, 7) is 0.250. The van der Waals surface area contributed by atoms with Gasteiger partial charge in [0.1, 0.15) is 0 Å². The van der Waals surface area contributed by atoms with Gasteiger partial charge in [-0.2, -0.15) is 0 Å². The molecule has 1 heterocycles. The Balaban J connectivity index is 1.35. The molecule has 134 valence electrons. The number of ether oxygens (including phenoxy) is 2. The molecule has 4 rings (SSSR count). The molecule has 4 nitrogen and oxygen atoms in total. The van der Waals surface area contributed by atoms with Crippen molar-refractivity contribution in [3.8, 4) is 11.5 Å². The van der Waals surface area contributed by atoms with Crippen LogP contribution in [-0.2, 0) is 4.79 Å². The Morgan fingerprint density at radius 1 is 0.962 bits per heavy atom. The fourth-order valence-corrected chi connectivity index (χ4v) is 3.65. The zero-order valence-corrected chi connectivity index (χ0v) is 14.7. The Morgan fingerprint density at radius 3 is 2.54 bits per heavy atom. The van der Waals surface area contributed by atoms with Gasteiger partial charge in [0.2, 0.25) is 12.7 Å². The highest BCUT2D eigenvalue weighted by atomic mass is 16.7. The third kappa shape index (κ3) is 3.90. The molecule has 0 unspecified atom stereocenters. The normalized spacial score (nSPS) is 16.8. The number of hydrogen-bond donors (Lipinski definition) is 1. The molecule has 0 spiro atoms. The van der Waals surface area contributed by atoms with Crippen molar-refractivity contribution in [1.82, 2.24) is 0 Å². The fourth-order valence-electron chi connectivity index (χ4n) is 3.65. The molecule has 2 aromatic carbocycles. The van der Waals surface area contributed by atoms with Gasteiger partial charge in [0.15, 0.2) is 11.5 Å². The molecule has 1 aliphatic carbocycles. The second kappa shape index (κ2) is 7.65. The lowest BCUT2D eigenvalue weighted by Crippen LogP contribution is -2.08. The number of fused-ring (bicyclic) bond motifs is 1. The van der Waals surface area contributed by atoms with E-state index in [1.807, 2.05) is 30.3 Å². The van der Waals surface area contributed by atoms with Crippen LogP contribution < -0.4 is 14.8 Å². The van der Waals surface area contributed by atoms with Gasteiger partial charge in [-0.3, -0.25) is 4.79 Å². The molecule has 26 heavy (non-hydrogen) atoms. The first-order valence-corrected chi connectivity index (χ1v) is 9.26. The van der Waals surface area contributed by atoms with Crippen LogP contribution in [0.1, 0.15) is 49.1 Å². The van der Waals surface area contributed by atoms with E-state index in [0.717, 1.165) is 17.0 Å². The predicted octanol–water partition coefficient (Wildman–Crippen LogP) is 5.11. The van der Waals surface area contributed by atoms with Gasteiger partial charge in [0, 0.05) is 11.8 Å². The Bertz CT molecular complexity index is 805. The summed E-state index contributed by atoms with van der Waals surface area (Å²) in [6, 6.07) is 13.9. The zero-order chi connectivity index (χ0) is 17.8. The van der Waals surface area contributed by atoms with Crippen molar-refractivity contribution < 1.29 is 14.3 Å². The molecule has 4 heteroatoms. The molecular formula is C22H23NO3. The molecule has 1 saturated carbocycles. The minimum atomic E-state index is -0.145. The maximum atomic E-state index is 12.2. The van der Waals surface area contributed by atoms with Gasteiger partial charge in [-0.1, -0.05) is 37.5 Å². The molecule has 1 N–H and O–H groups in total. The quantitative estimate of drug-likeness (QED) is 0.780. The van der Waals surface area contributed by atoms with Crippen LogP contribution >= 0.6 is 0 Å². The standard InChI is InChI=1S/C22H23NO3/c24-22(13-7-16-6-12-20-21(14-16)26-15-25-20)23-19-10-8-18(9-11-19)17-4-2-1-3-5-17/h6-14,17H,1-5,15H2,(H,23,24). The molecular weight excluding hydrogens is 326 g/mol. The van der Waals surface area contributed by atoms with Gasteiger partial charge in [0.25, 0.3) is 0 Å². The fraction of sp³-hybridized carbons (Fsp3) is 0.318. The summed E-state index contributed by atoms with van der Waals surface area (Å²) in [7, 11) is 0. The zero-order valence-electron chi connectivity index (χ0n) is 14.7. The Hall–Kier alpha value is -2.75. The summed E-state index contributed by atoms with van der Waals surface area (Å²) in [4.78, 5) is 12.2. The molecule has 0 saturated heterocycles. The third-order valence-corrected chi connectivity index (χ3v) is 5.08. The van der Waals surface area contributed by atoms with E-state index in [2.05, 4.69) is 17.4 Å². The number of amides is 1. The van der Waals surface area contributed by atoms with Gasteiger partial charge in [-0.05, 0) is 60.2 Å². The Morgan fingerprint density at radius 2 is 1.73 bits per heavy atom. The lowest BCUT2D eigenvalue weighted by molar-refractivity contribution is -0.111. The number of rotatable bonds is 4. The molecule has 0 bridgehead atoms. The summed E-state index contributed by atoms with van der Waals surface area (Å²) in [5, 5.41) is 2.91. The first kappa shape index (κ1) is 16.7. The summed E-state index contributed by atoms with van der Waals surface area (Å²) >= 11 is 0. The Kier molecular flexibility index (Phi) is 4.91. The van der Waals surface area contributed by atoms with Crippen LogP contribution in [0.25, 0.3) is 6.08 Å². The molecule has 0 atom stereocenters. The van der Waals surface area contributed by atoms with Crippen molar-refractivity contribution in [3.05, 3.63) is 59.7 Å². The number of benzene rings is 2. The van der Waals surface area contributed by atoms with Crippen molar-refractivity contribution in [1.29, 1.82) is 0 Å². The first-order chi connectivity index (χ1) is 12.8. The second-order valence-electron chi connectivity index (χ2n) is 6.89. The second-order valence-corrected chi connectivity index (χ2v) is 6.89. The highest BCUT2D eigenvalue weighted by Gasteiger charge is 2.15. The van der Waals surface area contributed by atoms with E-state index < -0.39 is 0 Å². The molecule has 1 aliphatic heterocycles. The van der Waals surface area contributed by atoms with Crippen LogP contribution in [0.3, 0.4) is 0 Å². The lowest BCUT2D eigenvalue weighted by atomic mass is 9.84. The maximum Gasteiger partial charge on any atom is 0.248 e. The lowest BCUT2D eigenvalue weighted by Gasteiger charge is -2.22. The molecule has 1 fully saturated rings. The van der Waals surface area contributed by atoms with E-state index >= 15 is 0 Å².